The zero-order valence-corrected chi connectivity index (χ0v) is 18.9. The van der Waals surface area contributed by atoms with Crippen molar-refractivity contribution in [2.75, 3.05) is 0 Å². The fraction of sp³-hybridized carbons (Fsp3) is 0.310. The quantitative estimate of drug-likeness (QED) is 0.512. The van der Waals surface area contributed by atoms with Crippen LogP contribution in [0.1, 0.15) is 85.2 Å². The molecule has 31 heavy (non-hydrogen) atoms. The lowest BCUT2D eigenvalue weighted by molar-refractivity contribution is 0.0996. The molecule has 0 unspecified atom stereocenters. The molecular formula is C29H30O2. The third kappa shape index (κ3) is 3.44. The number of hydrogen-bond acceptors (Lipinski definition) is 2. The van der Waals surface area contributed by atoms with Gasteiger partial charge in [-0.25, -0.2) is 0 Å². The van der Waals surface area contributed by atoms with Gasteiger partial charge in [-0.3, -0.25) is 9.59 Å². The van der Waals surface area contributed by atoms with Crippen molar-refractivity contribution in [3.8, 4) is 0 Å². The molecule has 0 fully saturated rings. The molecule has 158 valence electrons. The minimum Gasteiger partial charge on any atom is -0.289 e. The highest BCUT2D eigenvalue weighted by Gasteiger charge is 2.36. The molecule has 0 N–H and O–H groups in total. The highest BCUT2D eigenvalue weighted by atomic mass is 16.1. The van der Waals surface area contributed by atoms with Gasteiger partial charge < -0.3 is 0 Å². The van der Waals surface area contributed by atoms with Crippen LogP contribution in [0, 0.1) is 5.41 Å². The summed E-state index contributed by atoms with van der Waals surface area (Å²) in [7, 11) is 0. The van der Waals surface area contributed by atoms with Crippen LogP contribution in [0.4, 0.5) is 0 Å². The van der Waals surface area contributed by atoms with Gasteiger partial charge in [0.1, 0.15) is 0 Å². The smallest absolute Gasteiger partial charge is 0.190 e. The topological polar surface area (TPSA) is 34.1 Å². The van der Waals surface area contributed by atoms with Gasteiger partial charge in [-0.15, -0.1) is 0 Å². The molecule has 2 aromatic rings. The van der Waals surface area contributed by atoms with Crippen LogP contribution in [-0.2, 0) is 0 Å². The predicted molar refractivity (Wildman–Crippen MR) is 128 cm³/mol. The van der Waals surface area contributed by atoms with Crippen molar-refractivity contribution in [2.24, 2.45) is 5.41 Å². The average Bonchev–Trinajstić information content (AvgIpc) is 2.81. The van der Waals surface area contributed by atoms with Crippen LogP contribution in [0.3, 0.4) is 0 Å². The van der Waals surface area contributed by atoms with Crippen molar-refractivity contribution in [1.29, 1.82) is 0 Å². The summed E-state index contributed by atoms with van der Waals surface area (Å²) in [6, 6.07) is 15.8. The second kappa shape index (κ2) is 8.26. The van der Waals surface area contributed by atoms with Gasteiger partial charge >= 0.3 is 0 Å². The number of carbonyl (C=O) groups is 2. The summed E-state index contributed by atoms with van der Waals surface area (Å²) in [5.74, 6) is 0.252. The first-order chi connectivity index (χ1) is 14.9. The van der Waals surface area contributed by atoms with Crippen molar-refractivity contribution >= 4 is 22.7 Å². The standard InChI is InChI=1S/C29H30O2/c1-5-12-19-17-24(20-13-8-10-15-22(20)27(19)30)25-18-26(29(4,6-2)7-3)28(31)23-16-11-9-14-21(23)25/h8-11,13-18H,5-7,12H2,1-4H3/b25-24+. The van der Waals surface area contributed by atoms with Gasteiger partial charge in [0.15, 0.2) is 11.6 Å². The van der Waals surface area contributed by atoms with Crippen LogP contribution in [0.15, 0.2) is 71.8 Å². The number of fused-ring (bicyclic) bond motifs is 2. The molecule has 0 saturated heterocycles. The maximum absolute atomic E-state index is 13.5. The molecular weight excluding hydrogens is 380 g/mol. The summed E-state index contributed by atoms with van der Waals surface area (Å²) in [4.78, 5) is 26.6. The molecule has 0 saturated carbocycles. The molecule has 2 aliphatic carbocycles. The monoisotopic (exact) mass is 410 g/mol. The fourth-order valence-electron chi connectivity index (χ4n) is 4.74. The first-order valence-electron chi connectivity index (χ1n) is 11.4. The first-order valence-corrected chi connectivity index (χ1v) is 11.4. The molecule has 2 aromatic carbocycles. The molecule has 0 amide bonds. The van der Waals surface area contributed by atoms with E-state index in [1.54, 1.807) is 0 Å². The average molecular weight is 411 g/mol. The Morgan fingerprint density at radius 1 is 0.677 bits per heavy atom. The lowest BCUT2D eigenvalue weighted by Gasteiger charge is -2.33. The van der Waals surface area contributed by atoms with Crippen LogP contribution in [0.5, 0.6) is 0 Å². The van der Waals surface area contributed by atoms with Crippen molar-refractivity contribution in [3.05, 3.63) is 94.1 Å². The zero-order chi connectivity index (χ0) is 22.2. The second-order valence-electron chi connectivity index (χ2n) is 8.82. The fourth-order valence-corrected chi connectivity index (χ4v) is 4.74. The van der Waals surface area contributed by atoms with Gasteiger partial charge in [-0.05, 0) is 59.1 Å². The molecule has 2 nitrogen and oxygen atoms in total. The van der Waals surface area contributed by atoms with E-state index in [0.717, 1.165) is 70.2 Å². The summed E-state index contributed by atoms with van der Waals surface area (Å²) >= 11 is 0. The number of rotatable bonds is 5. The van der Waals surface area contributed by atoms with E-state index in [9.17, 15) is 9.59 Å². The normalized spacial score (nSPS) is 18.3. The second-order valence-corrected chi connectivity index (χ2v) is 8.82. The highest BCUT2D eigenvalue weighted by Crippen LogP contribution is 2.45. The van der Waals surface area contributed by atoms with E-state index in [1.807, 2.05) is 48.5 Å². The van der Waals surface area contributed by atoms with E-state index >= 15 is 0 Å². The van der Waals surface area contributed by atoms with Gasteiger partial charge in [0.25, 0.3) is 0 Å². The van der Waals surface area contributed by atoms with E-state index in [2.05, 4.69) is 39.8 Å². The predicted octanol–water partition coefficient (Wildman–Crippen LogP) is 7.47. The third-order valence-electron chi connectivity index (χ3n) is 7.09. The molecule has 0 atom stereocenters. The van der Waals surface area contributed by atoms with E-state index < -0.39 is 0 Å². The van der Waals surface area contributed by atoms with Gasteiger partial charge in [0.05, 0.1) is 0 Å². The maximum Gasteiger partial charge on any atom is 0.190 e. The lowest BCUT2D eigenvalue weighted by Crippen LogP contribution is -2.26. The summed E-state index contributed by atoms with van der Waals surface area (Å²) < 4.78 is 0. The van der Waals surface area contributed by atoms with E-state index in [1.165, 1.54) is 0 Å². The lowest BCUT2D eigenvalue weighted by atomic mass is 9.69. The van der Waals surface area contributed by atoms with Gasteiger partial charge in [-0.2, -0.15) is 0 Å². The summed E-state index contributed by atoms with van der Waals surface area (Å²) in [5.41, 5.74) is 7.06. The van der Waals surface area contributed by atoms with Crippen molar-refractivity contribution in [1.82, 2.24) is 0 Å². The molecule has 0 bridgehead atoms. The molecule has 0 aromatic heterocycles. The summed E-state index contributed by atoms with van der Waals surface area (Å²) in [6.45, 7) is 8.59. The number of ketones is 2. The Labute approximate surface area is 185 Å². The Bertz CT molecular complexity index is 1150. The van der Waals surface area contributed by atoms with Crippen molar-refractivity contribution in [2.45, 2.75) is 53.4 Å². The Morgan fingerprint density at radius 3 is 1.68 bits per heavy atom. The molecule has 2 heteroatoms. The third-order valence-corrected chi connectivity index (χ3v) is 7.09. The Kier molecular flexibility index (Phi) is 5.66. The van der Waals surface area contributed by atoms with Gasteiger partial charge in [0.2, 0.25) is 0 Å². The largest absolute Gasteiger partial charge is 0.289 e. The first kappa shape index (κ1) is 21.2. The minimum atomic E-state index is -0.184. The molecule has 0 aliphatic heterocycles. The Hall–Kier alpha value is -3.00. The Balaban J connectivity index is 2.08. The number of Topliss-reactive ketones (excluding diaryl/α,β-unsaturated/α-hetero) is 2. The van der Waals surface area contributed by atoms with Crippen molar-refractivity contribution in [3.63, 3.8) is 0 Å². The van der Waals surface area contributed by atoms with E-state index in [-0.39, 0.29) is 17.0 Å². The van der Waals surface area contributed by atoms with E-state index in [0.29, 0.717) is 0 Å². The SMILES string of the molecule is CCCC1=C/C(=C2/C=C(C(C)(CC)CC)C(=O)c3ccccc32)c2ccccc2C1=O. The number of hydrogen-bond donors (Lipinski definition) is 0. The number of allylic oxidation sites excluding steroid dienone is 6. The minimum absolute atomic E-state index is 0.123. The van der Waals surface area contributed by atoms with Gasteiger partial charge in [0, 0.05) is 22.3 Å². The molecule has 0 spiro atoms. The van der Waals surface area contributed by atoms with Crippen LogP contribution < -0.4 is 0 Å². The number of carbonyl (C=O) groups excluding carboxylic acids is 2. The number of benzene rings is 2. The van der Waals surface area contributed by atoms with Crippen molar-refractivity contribution < 1.29 is 9.59 Å². The molecule has 0 radical (unpaired) electrons. The van der Waals surface area contributed by atoms with Gasteiger partial charge in [-0.1, -0.05) is 82.6 Å². The zero-order valence-electron chi connectivity index (χ0n) is 18.9. The molecule has 4 rings (SSSR count). The van der Waals surface area contributed by atoms with Crippen LogP contribution in [-0.4, -0.2) is 11.6 Å². The Morgan fingerprint density at radius 2 is 1.16 bits per heavy atom. The maximum atomic E-state index is 13.5. The highest BCUT2D eigenvalue weighted by molar-refractivity contribution is 6.23. The summed E-state index contributed by atoms with van der Waals surface area (Å²) in [5, 5.41) is 0. The molecule has 2 aliphatic rings. The van der Waals surface area contributed by atoms with Crippen LogP contribution in [0.2, 0.25) is 0 Å². The van der Waals surface area contributed by atoms with E-state index in [4.69, 9.17) is 0 Å². The van der Waals surface area contributed by atoms with Crippen LogP contribution in [0.25, 0.3) is 11.1 Å². The molecule has 0 heterocycles. The van der Waals surface area contributed by atoms with Crippen LogP contribution >= 0.6 is 0 Å². The summed E-state index contributed by atoms with van der Waals surface area (Å²) in [6.07, 6.45) is 7.65.